The molecule has 0 saturated carbocycles. The first-order chi connectivity index (χ1) is 11.3. The molecule has 0 amide bonds. The number of rotatable bonds is 6. The molecule has 0 unspecified atom stereocenters. The minimum Gasteiger partial charge on any atom is -0.478 e. The van der Waals surface area contributed by atoms with Crippen LogP contribution in [0.4, 0.5) is 22.7 Å². The van der Waals surface area contributed by atoms with Crippen molar-refractivity contribution >= 4 is 34.7 Å². The Balaban J connectivity index is 2.32. The van der Waals surface area contributed by atoms with Gasteiger partial charge in [-0.3, -0.25) is 10.4 Å². The summed E-state index contributed by atoms with van der Waals surface area (Å²) in [5.74, 6) is -2.09. The van der Waals surface area contributed by atoms with Crippen molar-refractivity contribution in [3.05, 3.63) is 47.5 Å². The van der Waals surface area contributed by atoms with Gasteiger partial charge in [0.05, 0.1) is 33.9 Å². The van der Waals surface area contributed by atoms with Gasteiger partial charge in [-0.1, -0.05) is 0 Å². The predicted octanol–water partition coefficient (Wildman–Crippen LogP) is 2.17. The predicted molar refractivity (Wildman–Crippen MR) is 92.8 cm³/mol. The van der Waals surface area contributed by atoms with E-state index in [1.165, 1.54) is 24.3 Å². The van der Waals surface area contributed by atoms with E-state index in [9.17, 15) is 9.59 Å². The van der Waals surface area contributed by atoms with Gasteiger partial charge in [-0.05, 0) is 36.4 Å². The van der Waals surface area contributed by atoms with Crippen LogP contribution in [0.2, 0.25) is 0 Å². The van der Waals surface area contributed by atoms with E-state index in [4.69, 9.17) is 15.9 Å². The van der Waals surface area contributed by atoms with Gasteiger partial charge in [0, 0.05) is 14.1 Å². The monoisotopic (exact) mass is 330 g/mol. The average molecular weight is 330 g/mol. The highest BCUT2D eigenvalue weighted by Crippen LogP contribution is 2.28. The molecule has 0 fully saturated rings. The fourth-order valence-electron chi connectivity index (χ4n) is 2.22. The van der Waals surface area contributed by atoms with Gasteiger partial charge in [0.15, 0.2) is 0 Å². The average Bonchev–Trinajstić information content (AvgIpc) is 2.54. The second-order valence-corrected chi connectivity index (χ2v) is 5.07. The Kier molecular flexibility index (Phi) is 4.78. The molecule has 0 bridgehead atoms. The van der Waals surface area contributed by atoms with Crippen LogP contribution in [0.25, 0.3) is 0 Å². The summed E-state index contributed by atoms with van der Waals surface area (Å²) >= 11 is 0. The van der Waals surface area contributed by atoms with Crippen molar-refractivity contribution in [2.45, 2.75) is 0 Å². The van der Waals surface area contributed by atoms with Crippen molar-refractivity contribution in [1.82, 2.24) is 0 Å². The van der Waals surface area contributed by atoms with Gasteiger partial charge in [0.25, 0.3) is 0 Å². The van der Waals surface area contributed by atoms with E-state index in [1.807, 2.05) is 0 Å². The lowest BCUT2D eigenvalue weighted by molar-refractivity contribution is 0.0686. The Morgan fingerprint density at radius 3 is 2.12 bits per heavy atom. The summed E-state index contributed by atoms with van der Waals surface area (Å²) in [6.07, 6.45) is 0. The molecule has 0 aliphatic heterocycles. The topological polar surface area (TPSA) is 128 Å². The number of carbonyl (C=O) groups is 2. The first kappa shape index (κ1) is 16.9. The van der Waals surface area contributed by atoms with Crippen LogP contribution in [0.3, 0.4) is 0 Å². The standard InChI is InChI=1S/C16H18N4O4/c1-18-12-5-3-10(16(23)24)8-13(12)19-20(2)14-6-4-9(15(21)22)7-11(14)17/h3-8,18-19H,17H2,1-2H3,(H,21,22)(H,23,24). The van der Waals surface area contributed by atoms with Crippen molar-refractivity contribution in [1.29, 1.82) is 0 Å². The largest absolute Gasteiger partial charge is 0.478 e. The number of aromatic carboxylic acids is 2. The van der Waals surface area contributed by atoms with E-state index in [0.29, 0.717) is 17.1 Å². The van der Waals surface area contributed by atoms with Crippen molar-refractivity contribution in [3.63, 3.8) is 0 Å². The number of benzene rings is 2. The number of anilines is 4. The molecule has 0 heterocycles. The highest BCUT2D eigenvalue weighted by atomic mass is 16.4. The Bertz CT molecular complexity index is 792. The maximum atomic E-state index is 11.1. The SMILES string of the molecule is CNc1ccc(C(=O)O)cc1NN(C)c1ccc(C(=O)O)cc1N. The van der Waals surface area contributed by atoms with E-state index in [-0.39, 0.29) is 16.8 Å². The summed E-state index contributed by atoms with van der Waals surface area (Å²) in [6.45, 7) is 0. The Hall–Kier alpha value is -3.42. The van der Waals surface area contributed by atoms with Crippen LogP contribution in [0, 0.1) is 0 Å². The lowest BCUT2D eigenvalue weighted by Crippen LogP contribution is -2.26. The van der Waals surface area contributed by atoms with Crippen LogP contribution < -0.4 is 21.5 Å². The maximum absolute atomic E-state index is 11.1. The molecule has 24 heavy (non-hydrogen) atoms. The lowest BCUT2D eigenvalue weighted by atomic mass is 10.1. The zero-order valence-corrected chi connectivity index (χ0v) is 13.2. The van der Waals surface area contributed by atoms with Gasteiger partial charge in [0.1, 0.15) is 0 Å². The molecule has 2 rings (SSSR count). The molecule has 0 aromatic heterocycles. The normalized spacial score (nSPS) is 10.1. The first-order valence-corrected chi connectivity index (χ1v) is 7.01. The lowest BCUT2D eigenvalue weighted by Gasteiger charge is -2.25. The van der Waals surface area contributed by atoms with Gasteiger partial charge < -0.3 is 21.3 Å². The van der Waals surface area contributed by atoms with Gasteiger partial charge >= 0.3 is 11.9 Å². The van der Waals surface area contributed by atoms with Crippen molar-refractivity contribution in [3.8, 4) is 0 Å². The fraction of sp³-hybridized carbons (Fsp3) is 0.125. The molecule has 0 atom stereocenters. The first-order valence-electron chi connectivity index (χ1n) is 7.01. The van der Waals surface area contributed by atoms with Crippen molar-refractivity contribution < 1.29 is 19.8 Å². The minimum absolute atomic E-state index is 0.0911. The molecule has 8 heteroatoms. The third kappa shape index (κ3) is 3.49. The zero-order chi connectivity index (χ0) is 17.9. The van der Waals surface area contributed by atoms with E-state index in [0.717, 1.165) is 0 Å². The van der Waals surface area contributed by atoms with Crippen molar-refractivity contribution in [2.75, 3.05) is 35.6 Å². The maximum Gasteiger partial charge on any atom is 0.335 e. The molecular weight excluding hydrogens is 312 g/mol. The molecular formula is C16H18N4O4. The third-order valence-electron chi connectivity index (χ3n) is 3.46. The number of nitrogens with two attached hydrogens (primary N) is 1. The summed E-state index contributed by atoms with van der Waals surface area (Å²) in [5, 5.41) is 22.6. The molecule has 0 saturated heterocycles. The number of hydrogen-bond acceptors (Lipinski definition) is 6. The molecule has 126 valence electrons. The van der Waals surface area contributed by atoms with Crippen LogP contribution in [0.5, 0.6) is 0 Å². The van der Waals surface area contributed by atoms with Gasteiger partial charge in [0.2, 0.25) is 0 Å². The molecule has 2 aromatic carbocycles. The van der Waals surface area contributed by atoms with Gasteiger partial charge in [-0.15, -0.1) is 0 Å². The smallest absolute Gasteiger partial charge is 0.335 e. The van der Waals surface area contributed by atoms with E-state index in [2.05, 4.69) is 10.7 Å². The van der Waals surface area contributed by atoms with Crippen molar-refractivity contribution in [2.24, 2.45) is 0 Å². The Morgan fingerprint density at radius 2 is 1.58 bits per heavy atom. The Morgan fingerprint density at radius 1 is 1.00 bits per heavy atom. The summed E-state index contributed by atoms with van der Waals surface area (Å²) < 4.78 is 0. The highest BCUT2D eigenvalue weighted by molar-refractivity contribution is 5.92. The molecule has 0 aliphatic carbocycles. The zero-order valence-electron chi connectivity index (χ0n) is 13.2. The quantitative estimate of drug-likeness (QED) is 0.403. The number of nitrogen functional groups attached to an aromatic ring is 1. The summed E-state index contributed by atoms with van der Waals surface area (Å²) in [4.78, 5) is 22.1. The Labute approximate surface area is 138 Å². The third-order valence-corrected chi connectivity index (χ3v) is 3.46. The van der Waals surface area contributed by atoms with Crippen LogP contribution in [0.15, 0.2) is 36.4 Å². The van der Waals surface area contributed by atoms with Crippen LogP contribution in [0.1, 0.15) is 20.7 Å². The number of carboxylic acid groups (broad SMARTS) is 2. The van der Waals surface area contributed by atoms with Crippen LogP contribution >= 0.6 is 0 Å². The van der Waals surface area contributed by atoms with E-state index in [1.54, 1.807) is 31.2 Å². The second-order valence-electron chi connectivity index (χ2n) is 5.07. The van der Waals surface area contributed by atoms with Crippen LogP contribution in [-0.2, 0) is 0 Å². The molecule has 0 spiro atoms. The second kappa shape index (κ2) is 6.78. The minimum atomic E-state index is -1.06. The fourth-order valence-corrected chi connectivity index (χ4v) is 2.22. The van der Waals surface area contributed by atoms with E-state index >= 15 is 0 Å². The summed E-state index contributed by atoms with van der Waals surface area (Å²) in [5.41, 5.74) is 11.3. The summed E-state index contributed by atoms with van der Waals surface area (Å²) in [6, 6.07) is 9.02. The summed E-state index contributed by atoms with van der Waals surface area (Å²) in [7, 11) is 3.41. The number of carboxylic acids is 2. The number of hydrogen-bond donors (Lipinski definition) is 5. The van der Waals surface area contributed by atoms with Gasteiger partial charge in [-0.2, -0.15) is 0 Å². The number of nitrogens with one attached hydrogen (secondary N) is 2. The highest BCUT2D eigenvalue weighted by Gasteiger charge is 2.13. The molecule has 6 N–H and O–H groups in total. The molecule has 8 nitrogen and oxygen atoms in total. The number of nitrogens with zero attached hydrogens (tertiary/aromatic N) is 1. The van der Waals surface area contributed by atoms with Gasteiger partial charge in [-0.25, -0.2) is 9.59 Å². The molecule has 2 aromatic rings. The molecule has 0 aliphatic rings. The van der Waals surface area contributed by atoms with E-state index < -0.39 is 11.9 Å². The number of hydrazine groups is 1. The van der Waals surface area contributed by atoms with Crippen LogP contribution in [-0.4, -0.2) is 36.2 Å². The molecule has 0 radical (unpaired) electrons.